The molecule has 1 aliphatic heterocycles. The van der Waals surface area contributed by atoms with E-state index in [-0.39, 0.29) is 11.2 Å². The van der Waals surface area contributed by atoms with Crippen LogP contribution in [0.15, 0.2) is 0 Å². The van der Waals surface area contributed by atoms with Crippen molar-refractivity contribution < 1.29 is 13.2 Å². The summed E-state index contributed by atoms with van der Waals surface area (Å²) in [5, 5.41) is 3.36. The number of piperidine rings is 1. The fraction of sp³-hybridized carbons (Fsp3) is 1.00. The Morgan fingerprint density at radius 2 is 1.86 bits per heavy atom. The highest BCUT2D eigenvalue weighted by Gasteiger charge is 2.28. The first-order valence-corrected chi connectivity index (χ1v) is 9.53. The van der Waals surface area contributed by atoms with Crippen LogP contribution in [0.3, 0.4) is 0 Å². The van der Waals surface area contributed by atoms with Gasteiger partial charge in [0.1, 0.15) is 0 Å². The van der Waals surface area contributed by atoms with Gasteiger partial charge in [0, 0.05) is 26.7 Å². The maximum atomic E-state index is 12.3. The third kappa shape index (κ3) is 7.58. The summed E-state index contributed by atoms with van der Waals surface area (Å²) < 4.78 is 31.3. The number of ether oxygens (including phenoxy) is 1. The summed E-state index contributed by atoms with van der Waals surface area (Å²) in [7, 11) is -1.38. The summed E-state index contributed by atoms with van der Waals surface area (Å²) in [5.74, 6) is 0.851. The molecule has 0 unspecified atom stereocenters. The second kappa shape index (κ2) is 8.46. The van der Waals surface area contributed by atoms with E-state index < -0.39 is 10.0 Å². The Bertz CT molecular complexity index is 382. The van der Waals surface area contributed by atoms with Crippen LogP contribution in [0.4, 0.5) is 0 Å². The minimum absolute atomic E-state index is 0.0661. The second-order valence-corrected chi connectivity index (χ2v) is 9.25. The van der Waals surface area contributed by atoms with Crippen LogP contribution in [-0.2, 0) is 14.8 Å². The van der Waals surface area contributed by atoms with E-state index >= 15 is 0 Å². The summed E-state index contributed by atoms with van der Waals surface area (Å²) in [5.41, 5.74) is 0.0661. The molecule has 21 heavy (non-hydrogen) atoms. The van der Waals surface area contributed by atoms with Gasteiger partial charge in [-0.05, 0) is 37.1 Å². The van der Waals surface area contributed by atoms with E-state index in [9.17, 15) is 8.42 Å². The highest BCUT2D eigenvalue weighted by atomic mass is 32.2. The van der Waals surface area contributed by atoms with Crippen molar-refractivity contribution in [3.05, 3.63) is 0 Å². The van der Waals surface area contributed by atoms with Gasteiger partial charge in [-0.25, -0.2) is 12.7 Å². The van der Waals surface area contributed by atoms with Crippen LogP contribution >= 0.6 is 0 Å². The molecular weight excluding hydrogens is 288 g/mol. The molecule has 6 heteroatoms. The van der Waals surface area contributed by atoms with Crippen LogP contribution < -0.4 is 5.32 Å². The van der Waals surface area contributed by atoms with Gasteiger partial charge in [0.25, 0.3) is 0 Å². The minimum atomic E-state index is -3.08. The molecule has 0 aliphatic carbocycles. The van der Waals surface area contributed by atoms with E-state index in [4.69, 9.17) is 4.74 Å². The Morgan fingerprint density at radius 3 is 2.38 bits per heavy atom. The SMILES string of the molecule is COCCNCC1CCN(S(=O)(=O)CCC(C)(C)C)CC1. The molecule has 0 spiro atoms. The number of hydrogen-bond donors (Lipinski definition) is 1. The molecule has 0 saturated carbocycles. The zero-order valence-electron chi connectivity index (χ0n) is 14.0. The number of methoxy groups -OCH3 is 1. The van der Waals surface area contributed by atoms with Gasteiger partial charge in [-0.15, -0.1) is 0 Å². The van der Waals surface area contributed by atoms with Crippen LogP contribution in [0.5, 0.6) is 0 Å². The maximum Gasteiger partial charge on any atom is 0.214 e. The maximum absolute atomic E-state index is 12.3. The smallest absolute Gasteiger partial charge is 0.214 e. The predicted octanol–water partition coefficient (Wildman–Crippen LogP) is 1.70. The molecule has 0 aromatic carbocycles. The molecule has 0 aromatic heterocycles. The summed E-state index contributed by atoms with van der Waals surface area (Å²) in [6, 6.07) is 0. The first-order chi connectivity index (χ1) is 9.74. The fourth-order valence-corrected chi connectivity index (χ4v) is 4.33. The molecule has 126 valence electrons. The Morgan fingerprint density at radius 1 is 1.24 bits per heavy atom. The van der Waals surface area contributed by atoms with Gasteiger partial charge in [0.05, 0.1) is 12.4 Å². The molecule has 1 rings (SSSR count). The lowest BCUT2D eigenvalue weighted by Gasteiger charge is -2.32. The van der Waals surface area contributed by atoms with Gasteiger partial charge in [0.15, 0.2) is 0 Å². The number of sulfonamides is 1. The predicted molar refractivity (Wildman–Crippen MR) is 86.9 cm³/mol. The molecule has 0 bridgehead atoms. The van der Waals surface area contributed by atoms with Crippen molar-refractivity contribution >= 4 is 10.0 Å². The summed E-state index contributed by atoms with van der Waals surface area (Å²) in [6.45, 7) is 10.1. The van der Waals surface area contributed by atoms with Crippen LogP contribution in [-0.4, -0.2) is 58.4 Å². The molecular formula is C15H32N2O3S. The lowest BCUT2D eigenvalue weighted by molar-refractivity contribution is 0.194. The highest BCUT2D eigenvalue weighted by molar-refractivity contribution is 7.89. The van der Waals surface area contributed by atoms with Crippen LogP contribution in [0.2, 0.25) is 0 Å². The molecule has 0 atom stereocenters. The van der Waals surface area contributed by atoms with Crippen molar-refractivity contribution in [1.82, 2.24) is 9.62 Å². The van der Waals surface area contributed by atoms with E-state index in [0.29, 0.717) is 25.4 Å². The van der Waals surface area contributed by atoms with E-state index in [0.717, 1.165) is 32.5 Å². The molecule has 0 aromatic rings. The van der Waals surface area contributed by atoms with E-state index in [2.05, 4.69) is 26.1 Å². The summed E-state index contributed by atoms with van der Waals surface area (Å²) >= 11 is 0. The Hall–Kier alpha value is -0.170. The number of hydrogen-bond acceptors (Lipinski definition) is 4. The lowest BCUT2D eigenvalue weighted by atomic mass is 9.94. The lowest BCUT2D eigenvalue weighted by Crippen LogP contribution is -2.42. The van der Waals surface area contributed by atoms with Crippen molar-refractivity contribution in [2.75, 3.05) is 45.6 Å². The zero-order valence-corrected chi connectivity index (χ0v) is 14.8. The van der Waals surface area contributed by atoms with Crippen molar-refractivity contribution in [2.45, 2.75) is 40.0 Å². The molecule has 1 N–H and O–H groups in total. The Labute approximate surface area is 130 Å². The molecule has 5 nitrogen and oxygen atoms in total. The quantitative estimate of drug-likeness (QED) is 0.692. The van der Waals surface area contributed by atoms with Crippen LogP contribution in [0, 0.1) is 11.3 Å². The molecule has 0 amide bonds. The van der Waals surface area contributed by atoms with Crippen molar-refractivity contribution in [3.63, 3.8) is 0 Å². The topological polar surface area (TPSA) is 58.6 Å². The normalized spacial score (nSPS) is 19.0. The second-order valence-electron chi connectivity index (χ2n) is 7.17. The largest absolute Gasteiger partial charge is 0.383 e. The average molecular weight is 320 g/mol. The van der Waals surface area contributed by atoms with E-state index in [1.807, 2.05) is 0 Å². The average Bonchev–Trinajstić information content (AvgIpc) is 2.41. The van der Waals surface area contributed by atoms with Gasteiger partial charge < -0.3 is 10.1 Å². The number of nitrogens with one attached hydrogen (secondary N) is 1. The van der Waals surface area contributed by atoms with Gasteiger partial charge in [-0.2, -0.15) is 0 Å². The standard InChI is InChI=1S/C15H32N2O3S/c1-15(2,3)7-12-21(18,19)17-9-5-14(6-10-17)13-16-8-11-20-4/h14,16H,5-13H2,1-4H3. The number of rotatable bonds is 8. The summed E-state index contributed by atoms with van der Waals surface area (Å²) in [4.78, 5) is 0. The fourth-order valence-electron chi connectivity index (χ4n) is 2.44. The third-order valence-electron chi connectivity index (χ3n) is 3.99. The van der Waals surface area contributed by atoms with E-state index in [1.54, 1.807) is 11.4 Å². The van der Waals surface area contributed by atoms with Gasteiger partial charge in [-0.3, -0.25) is 0 Å². The highest BCUT2D eigenvalue weighted by Crippen LogP contribution is 2.23. The van der Waals surface area contributed by atoms with Crippen molar-refractivity contribution in [1.29, 1.82) is 0 Å². The van der Waals surface area contributed by atoms with E-state index in [1.165, 1.54) is 0 Å². The number of nitrogens with zero attached hydrogens (tertiary/aromatic N) is 1. The third-order valence-corrected chi connectivity index (χ3v) is 5.86. The van der Waals surface area contributed by atoms with Crippen molar-refractivity contribution in [2.24, 2.45) is 11.3 Å². The minimum Gasteiger partial charge on any atom is -0.383 e. The first-order valence-electron chi connectivity index (χ1n) is 7.92. The van der Waals surface area contributed by atoms with Crippen LogP contribution in [0.1, 0.15) is 40.0 Å². The summed E-state index contributed by atoms with van der Waals surface area (Å²) in [6.07, 6.45) is 2.62. The van der Waals surface area contributed by atoms with Gasteiger partial charge >= 0.3 is 0 Å². The van der Waals surface area contributed by atoms with Crippen LogP contribution in [0.25, 0.3) is 0 Å². The molecule has 1 aliphatic rings. The van der Waals surface area contributed by atoms with Gasteiger partial charge in [0.2, 0.25) is 10.0 Å². The molecule has 0 radical (unpaired) electrons. The molecule has 1 heterocycles. The zero-order chi connectivity index (χ0) is 15.9. The Kier molecular flexibility index (Phi) is 7.60. The molecule has 1 saturated heterocycles. The molecule has 1 fully saturated rings. The monoisotopic (exact) mass is 320 g/mol. The van der Waals surface area contributed by atoms with Crippen molar-refractivity contribution in [3.8, 4) is 0 Å². The van der Waals surface area contributed by atoms with Gasteiger partial charge in [-0.1, -0.05) is 20.8 Å². The first kappa shape index (κ1) is 18.9. The Balaban J connectivity index is 2.31.